The summed E-state index contributed by atoms with van der Waals surface area (Å²) in [6.07, 6.45) is 2.24. The Kier molecular flexibility index (Phi) is 7.39. The zero-order chi connectivity index (χ0) is 25.2. The first-order chi connectivity index (χ1) is 16.6. The molecule has 0 bridgehead atoms. The summed E-state index contributed by atoms with van der Waals surface area (Å²) in [6, 6.07) is 15.8. The summed E-state index contributed by atoms with van der Waals surface area (Å²) in [4.78, 5) is 13.4. The Balaban J connectivity index is 1.52. The van der Waals surface area contributed by atoms with Crippen LogP contribution in [0.4, 0.5) is 14.5 Å². The molecule has 2 aromatic carbocycles. The second-order valence-corrected chi connectivity index (χ2v) is 10.8. The lowest BCUT2D eigenvalue weighted by Gasteiger charge is -2.44. The molecule has 5 atom stereocenters. The van der Waals surface area contributed by atoms with Crippen molar-refractivity contribution in [3.63, 3.8) is 0 Å². The molecule has 1 N–H and O–H groups in total. The number of methoxy groups -OCH3 is 1. The lowest BCUT2D eigenvalue weighted by Crippen LogP contribution is -2.46. The van der Waals surface area contributed by atoms with Crippen molar-refractivity contribution in [2.75, 3.05) is 12.4 Å². The van der Waals surface area contributed by atoms with Gasteiger partial charge in [0.2, 0.25) is 0 Å². The Morgan fingerprint density at radius 1 is 1.03 bits per heavy atom. The van der Waals surface area contributed by atoms with Crippen LogP contribution in [0.1, 0.15) is 58.4 Å². The van der Waals surface area contributed by atoms with Crippen LogP contribution in [0.25, 0.3) is 0 Å². The van der Waals surface area contributed by atoms with E-state index in [4.69, 9.17) is 9.47 Å². The smallest absolute Gasteiger partial charge is 0.311 e. The van der Waals surface area contributed by atoms with Crippen LogP contribution < -0.4 is 10.1 Å². The van der Waals surface area contributed by atoms with Gasteiger partial charge in [-0.05, 0) is 60.4 Å². The van der Waals surface area contributed by atoms with Crippen LogP contribution in [0, 0.1) is 17.8 Å². The van der Waals surface area contributed by atoms with Crippen molar-refractivity contribution in [3.8, 4) is 5.75 Å². The van der Waals surface area contributed by atoms with Gasteiger partial charge in [-0.1, -0.05) is 57.5 Å². The van der Waals surface area contributed by atoms with Gasteiger partial charge in [-0.3, -0.25) is 4.79 Å². The van der Waals surface area contributed by atoms with Gasteiger partial charge >= 0.3 is 5.97 Å². The molecular weight excluding hydrogens is 448 g/mol. The van der Waals surface area contributed by atoms with E-state index in [0.717, 1.165) is 19.3 Å². The Bertz CT molecular complexity index is 993. The Morgan fingerprint density at radius 3 is 2.37 bits per heavy atom. The van der Waals surface area contributed by atoms with E-state index in [2.05, 4.69) is 38.2 Å². The van der Waals surface area contributed by atoms with Gasteiger partial charge in [0.25, 0.3) is 5.92 Å². The number of carbonyl (C=O) groups is 1. The van der Waals surface area contributed by atoms with Gasteiger partial charge in [-0.25, -0.2) is 8.78 Å². The minimum atomic E-state index is -2.99. The van der Waals surface area contributed by atoms with Gasteiger partial charge in [-0.2, -0.15) is 0 Å². The number of hydrogen-bond acceptors (Lipinski definition) is 4. The normalized spacial score (nSPS) is 28.3. The molecule has 2 saturated carbocycles. The van der Waals surface area contributed by atoms with Crippen molar-refractivity contribution < 1.29 is 23.0 Å². The predicted molar refractivity (Wildman–Crippen MR) is 134 cm³/mol. The van der Waals surface area contributed by atoms with Crippen LogP contribution in [0.15, 0.2) is 54.6 Å². The minimum Gasteiger partial charge on any atom is -0.497 e. The summed E-state index contributed by atoms with van der Waals surface area (Å²) in [6.45, 7) is 6.56. The minimum absolute atomic E-state index is 0.106. The van der Waals surface area contributed by atoms with Crippen molar-refractivity contribution in [1.29, 1.82) is 0 Å². The Morgan fingerprint density at radius 2 is 1.71 bits per heavy atom. The number of nitrogens with one attached hydrogen (secondary N) is 1. The number of rotatable bonds is 7. The van der Waals surface area contributed by atoms with E-state index >= 15 is 0 Å². The third-order valence-corrected chi connectivity index (χ3v) is 8.13. The van der Waals surface area contributed by atoms with Gasteiger partial charge in [-0.15, -0.1) is 0 Å². The van der Waals surface area contributed by atoms with E-state index in [9.17, 15) is 13.6 Å². The SMILES string of the molecule is COc1ccc(N[C@@H]2[C@H](C(=O)O[C@@H]3C[C@H](C)CC[C@H]3C(C)(C)c3ccccc3)CCC2(F)F)cc1. The second kappa shape index (κ2) is 10.2. The topological polar surface area (TPSA) is 47.6 Å². The van der Waals surface area contributed by atoms with Crippen LogP contribution in [0.5, 0.6) is 5.75 Å². The molecule has 0 radical (unpaired) electrons. The summed E-state index contributed by atoms with van der Waals surface area (Å²) in [7, 11) is 1.55. The molecule has 4 rings (SSSR count). The Labute approximate surface area is 207 Å². The first-order valence-electron chi connectivity index (χ1n) is 12.7. The number of alkyl halides is 2. The zero-order valence-corrected chi connectivity index (χ0v) is 21.1. The molecule has 0 spiro atoms. The number of anilines is 1. The first-order valence-corrected chi connectivity index (χ1v) is 12.7. The fraction of sp³-hybridized carbons (Fsp3) is 0.552. The van der Waals surface area contributed by atoms with E-state index in [0.29, 0.717) is 17.4 Å². The molecule has 0 amide bonds. The summed E-state index contributed by atoms with van der Waals surface area (Å²) in [5, 5.41) is 2.92. The van der Waals surface area contributed by atoms with Crippen molar-refractivity contribution in [2.24, 2.45) is 17.8 Å². The van der Waals surface area contributed by atoms with Crippen LogP contribution >= 0.6 is 0 Å². The van der Waals surface area contributed by atoms with Crippen LogP contribution in [0.3, 0.4) is 0 Å². The lowest BCUT2D eigenvalue weighted by atomic mass is 9.64. The van der Waals surface area contributed by atoms with Gasteiger partial charge in [0.05, 0.1) is 13.0 Å². The molecule has 35 heavy (non-hydrogen) atoms. The van der Waals surface area contributed by atoms with Gasteiger partial charge in [0.1, 0.15) is 17.9 Å². The van der Waals surface area contributed by atoms with Crippen molar-refractivity contribution in [3.05, 3.63) is 60.2 Å². The molecule has 0 aliphatic heterocycles. The highest BCUT2D eigenvalue weighted by Crippen LogP contribution is 2.46. The summed E-state index contributed by atoms with van der Waals surface area (Å²) >= 11 is 0. The van der Waals surface area contributed by atoms with Crippen LogP contribution in [-0.4, -0.2) is 31.1 Å². The standard InChI is InChI=1S/C29H37F2NO3/c1-19-10-15-24(28(2,3)20-8-6-5-7-9-20)25(18-19)35-27(33)23-16-17-29(30,31)26(23)32-21-11-13-22(34-4)14-12-21/h5-9,11-14,19,23-26,32H,10,15-18H2,1-4H3/t19-,23-,24-,25-,26-/m1/s1. The molecule has 2 aliphatic rings. The monoisotopic (exact) mass is 485 g/mol. The van der Waals surface area contributed by atoms with Crippen molar-refractivity contribution in [2.45, 2.75) is 76.4 Å². The quantitative estimate of drug-likeness (QED) is 0.436. The highest BCUT2D eigenvalue weighted by atomic mass is 19.3. The second-order valence-electron chi connectivity index (χ2n) is 10.8. The molecule has 0 aromatic heterocycles. The lowest BCUT2D eigenvalue weighted by molar-refractivity contribution is -0.162. The largest absolute Gasteiger partial charge is 0.497 e. The summed E-state index contributed by atoms with van der Waals surface area (Å²) in [5.74, 6) is -3.21. The molecule has 0 saturated heterocycles. The van der Waals surface area contributed by atoms with E-state index in [1.54, 1.807) is 31.4 Å². The third kappa shape index (κ3) is 5.46. The maximum Gasteiger partial charge on any atom is 0.311 e. The van der Waals surface area contributed by atoms with Gasteiger partial charge < -0.3 is 14.8 Å². The first kappa shape index (κ1) is 25.5. The highest BCUT2D eigenvalue weighted by Gasteiger charge is 2.54. The molecular formula is C29H37F2NO3. The third-order valence-electron chi connectivity index (χ3n) is 8.13. The van der Waals surface area contributed by atoms with E-state index in [1.165, 1.54) is 5.56 Å². The van der Waals surface area contributed by atoms with E-state index < -0.39 is 23.9 Å². The number of benzene rings is 2. The fourth-order valence-electron chi connectivity index (χ4n) is 5.89. The van der Waals surface area contributed by atoms with Crippen molar-refractivity contribution >= 4 is 11.7 Å². The van der Waals surface area contributed by atoms with E-state index in [-0.39, 0.29) is 30.3 Å². The summed E-state index contributed by atoms with van der Waals surface area (Å²) in [5.41, 5.74) is 1.53. The van der Waals surface area contributed by atoms with E-state index in [1.807, 2.05) is 18.2 Å². The van der Waals surface area contributed by atoms with Gasteiger partial charge in [0.15, 0.2) is 0 Å². The zero-order valence-electron chi connectivity index (χ0n) is 21.1. The fourth-order valence-corrected chi connectivity index (χ4v) is 5.89. The average Bonchev–Trinajstić information content (AvgIpc) is 3.14. The molecule has 0 heterocycles. The Hall–Kier alpha value is -2.63. The summed E-state index contributed by atoms with van der Waals surface area (Å²) < 4.78 is 41.1. The highest BCUT2D eigenvalue weighted by molar-refractivity contribution is 5.75. The van der Waals surface area contributed by atoms with Crippen LogP contribution in [-0.2, 0) is 14.9 Å². The number of hydrogen-bond donors (Lipinski definition) is 1. The maximum atomic E-state index is 14.9. The average molecular weight is 486 g/mol. The van der Waals surface area contributed by atoms with Gasteiger partial charge in [0, 0.05) is 18.0 Å². The molecule has 0 unspecified atom stereocenters. The molecule has 6 heteroatoms. The molecule has 2 fully saturated rings. The predicted octanol–water partition coefficient (Wildman–Crippen LogP) is 6.85. The molecule has 4 nitrogen and oxygen atoms in total. The maximum absolute atomic E-state index is 14.9. The molecule has 2 aromatic rings. The van der Waals surface area contributed by atoms with Crippen molar-refractivity contribution in [1.82, 2.24) is 0 Å². The number of ether oxygens (including phenoxy) is 2. The molecule has 2 aliphatic carbocycles. The number of halogens is 2. The number of carbonyl (C=O) groups excluding carboxylic acids is 1. The number of esters is 1. The molecule has 190 valence electrons. The van der Waals surface area contributed by atoms with Crippen LogP contribution in [0.2, 0.25) is 0 Å².